The molecule has 0 aliphatic heterocycles. The third-order valence-electron chi connectivity index (χ3n) is 2.13. The first-order chi connectivity index (χ1) is 8.96. The summed E-state index contributed by atoms with van der Waals surface area (Å²) < 4.78 is 50.2. The molecule has 0 fully saturated rings. The minimum atomic E-state index is -4.32. The summed E-state index contributed by atoms with van der Waals surface area (Å²) in [6.45, 7) is -1.43. The molecule has 0 N–H and O–H groups in total. The third-order valence-corrected chi connectivity index (χ3v) is 2.44. The standard InChI is InChI=1S/C12H14ClF3O3/c1-17-11-6-9(7-13)2-3-10(11)19-5-4-18-8-12(14,15)16/h2-3,6H,4-5,7-8H2,1H3. The van der Waals surface area contributed by atoms with Crippen molar-refractivity contribution in [2.45, 2.75) is 12.1 Å². The highest BCUT2D eigenvalue weighted by Gasteiger charge is 2.27. The quantitative estimate of drug-likeness (QED) is 0.570. The Morgan fingerprint density at radius 3 is 2.47 bits per heavy atom. The van der Waals surface area contributed by atoms with Crippen LogP contribution in [-0.4, -0.2) is 33.1 Å². The Kier molecular flexibility index (Phi) is 6.24. The van der Waals surface area contributed by atoms with E-state index in [1.54, 1.807) is 18.2 Å². The average Bonchev–Trinajstić information content (AvgIpc) is 2.37. The van der Waals surface area contributed by atoms with Gasteiger partial charge in [0.2, 0.25) is 0 Å². The fraction of sp³-hybridized carbons (Fsp3) is 0.500. The Bertz CT molecular complexity index is 396. The monoisotopic (exact) mass is 298 g/mol. The maximum atomic E-state index is 11.8. The largest absolute Gasteiger partial charge is 0.493 e. The van der Waals surface area contributed by atoms with E-state index in [0.717, 1.165) is 5.56 Å². The lowest BCUT2D eigenvalue weighted by molar-refractivity contribution is -0.175. The summed E-state index contributed by atoms with van der Waals surface area (Å²) in [6.07, 6.45) is -4.32. The average molecular weight is 299 g/mol. The molecule has 0 saturated carbocycles. The predicted octanol–water partition coefficient (Wildman–Crippen LogP) is 3.39. The molecular formula is C12H14ClF3O3. The van der Waals surface area contributed by atoms with E-state index in [-0.39, 0.29) is 13.2 Å². The summed E-state index contributed by atoms with van der Waals surface area (Å²) in [5, 5.41) is 0. The molecule has 0 amide bonds. The fourth-order valence-corrected chi connectivity index (χ4v) is 1.48. The van der Waals surface area contributed by atoms with Gasteiger partial charge in [0, 0.05) is 5.88 Å². The first kappa shape index (κ1) is 15.9. The smallest absolute Gasteiger partial charge is 0.411 e. The van der Waals surface area contributed by atoms with Gasteiger partial charge in [0.1, 0.15) is 13.2 Å². The van der Waals surface area contributed by atoms with E-state index in [2.05, 4.69) is 4.74 Å². The lowest BCUT2D eigenvalue weighted by Crippen LogP contribution is -2.19. The van der Waals surface area contributed by atoms with Crippen LogP contribution in [0.3, 0.4) is 0 Å². The van der Waals surface area contributed by atoms with Crippen LogP contribution < -0.4 is 9.47 Å². The molecule has 0 bridgehead atoms. The zero-order valence-corrected chi connectivity index (χ0v) is 11.1. The molecule has 19 heavy (non-hydrogen) atoms. The summed E-state index contributed by atoms with van der Waals surface area (Å²) >= 11 is 5.67. The van der Waals surface area contributed by atoms with E-state index < -0.39 is 12.8 Å². The van der Waals surface area contributed by atoms with E-state index in [4.69, 9.17) is 21.1 Å². The number of methoxy groups -OCH3 is 1. The molecule has 108 valence electrons. The van der Waals surface area contributed by atoms with Crippen molar-refractivity contribution in [1.82, 2.24) is 0 Å². The Morgan fingerprint density at radius 2 is 1.89 bits per heavy atom. The van der Waals surface area contributed by atoms with Crippen molar-refractivity contribution in [3.8, 4) is 11.5 Å². The van der Waals surface area contributed by atoms with Gasteiger partial charge in [-0.2, -0.15) is 13.2 Å². The first-order valence-corrected chi connectivity index (χ1v) is 6.00. The van der Waals surface area contributed by atoms with E-state index in [1.807, 2.05) is 0 Å². The number of ether oxygens (including phenoxy) is 3. The van der Waals surface area contributed by atoms with E-state index in [0.29, 0.717) is 17.4 Å². The maximum absolute atomic E-state index is 11.8. The van der Waals surface area contributed by atoms with Crippen LogP contribution in [-0.2, 0) is 10.6 Å². The molecule has 0 aromatic heterocycles. The van der Waals surface area contributed by atoms with Crippen molar-refractivity contribution >= 4 is 11.6 Å². The second kappa shape index (κ2) is 7.45. The summed E-state index contributed by atoms with van der Waals surface area (Å²) in [6, 6.07) is 5.11. The first-order valence-electron chi connectivity index (χ1n) is 5.46. The molecule has 0 atom stereocenters. The van der Waals surface area contributed by atoms with Gasteiger partial charge >= 0.3 is 6.18 Å². The Labute approximate surface area is 114 Å². The molecule has 0 unspecified atom stereocenters. The topological polar surface area (TPSA) is 27.7 Å². The number of alkyl halides is 4. The van der Waals surface area contributed by atoms with Gasteiger partial charge in [-0.1, -0.05) is 6.07 Å². The molecule has 1 aromatic rings. The van der Waals surface area contributed by atoms with Crippen LogP contribution in [0.4, 0.5) is 13.2 Å². The Balaban J connectivity index is 2.41. The van der Waals surface area contributed by atoms with Gasteiger partial charge in [-0.25, -0.2) is 0 Å². The highest BCUT2D eigenvalue weighted by atomic mass is 35.5. The van der Waals surface area contributed by atoms with E-state index >= 15 is 0 Å². The Morgan fingerprint density at radius 1 is 1.16 bits per heavy atom. The SMILES string of the molecule is COc1cc(CCl)ccc1OCCOCC(F)(F)F. The second-order valence-electron chi connectivity index (χ2n) is 3.64. The zero-order valence-electron chi connectivity index (χ0n) is 10.3. The lowest BCUT2D eigenvalue weighted by Gasteiger charge is -2.12. The van der Waals surface area contributed by atoms with Crippen molar-refractivity contribution in [3.05, 3.63) is 23.8 Å². The molecule has 0 radical (unpaired) electrons. The number of benzene rings is 1. The minimum absolute atomic E-state index is 0.00661. The summed E-state index contributed by atoms with van der Waals surface area (Å²) in [7, 11) is 1.47. The summed E-state index contributed by atoms with van der Waals surface area (Å²) in [5.41, 5.74) is 0.860. The maximum Gasteiger partial charge on any atom is 0.411 e. The van der Waals surface area contributed by atoms with E-state index in [9.17, 15) is 13.2 Å². The number of rotatable bonds is 7. The molecule has 0 heterocycles. The highest BCUT2D eigenvalue weighted by molar-refractivity contribution is 6.17. The normalized spacial score (nSPS) is 11.4. The molecule has 1 rings (SSSR count). The molecule has 3 nitrogen and oxygen atoms in total. The summed E-state index contributed by atoms with van der Waals surface area (Å²) in [5.74, 6) is 1.26. The molecule has 0 aliphatic rings. The van der Waals surface area contributed by atoms with Gasteiger partial charge < -0.3 is 14.2 Å². The minimum Gasteiger partial charge on any atom is -0.493 e. The van der Waals surface area contributed by atoms with Gasteiger partial charge in [-0.3, -0.25) is 0 Å². The fourth-order valence-electron chi connectivity index (χ4n) is 1.31. The number of halogens is 4. The van der Waals surface area contributed by atoms with Crippen molar-refractivity contribution < 1.29 is 27.4 Å². The molecule has 0 spiro atoms. The zero-order chi connectivity index (χ0) is 14.3. The highest BCUT2D eigenvalue weighted by Crippen LogP contribution is 2.28. The van der Waals surface area contributed by atoms with Gasteiger partial charge in [0.15, 0.2) is 11.5 Å². The van der Waals surface area contributed by atoms with Crippen molar-refractivity contribution in [1.29, 1.82) is 0 Å². The second-order valence-corrected chi connectivity index (χ2v) is 3.90. The lowest BCUT2D eigenvalue weighted by atomic mass is 10.2. The number of hydrogen-bond donors (Lipinski definition) is 0. The van der Waals surface area contributed by atoms with Gasteiger partial charge in [-0.05, 0) is 17.7 Å². The molecule has 7 heteroatoms. The Hall–Kier alpha value is -1.14. The van der Waals surface area contributed by atoms with Crippen LogP contribution in [0.1, 0.15) is 5.56 Å². The summed E-state index contributed by atoms with van der Waals surface area (Å²) in [4.78, 5) is 0. The van der Waals surface area contributed by atoms with E-state index in [1.165, 1.54) is 7.11 Å². The predicted molar refractivity (Wildman–Crippen MR) is 64.9 cm³/mol. The van der Waals surface area contributed by atoms with Gasteiger partial charge in [0.25, 0.3) is 0 Å². The van der Waals surface area contributed by atoms with Crippen molar-refractivity contribution in [3.63, 3.8) is 0 Å². The van der Waals surface area contributed by atoms with Crippen LogP contribution in [0.5, 0.6) is 11.5 Å². The van der Waals surface area contributed by atoms with Crippen LogP contribution in [0.15, 0.2) is 18.2 Å². The van der Waals surface area contributed by atoms with Crippen LogP contribution >= 0.6 is 11.6 Å². The third kappa shape index (κ3) is 6.02. The molecule has 1 aromatic carbocycles. The van der Waals surface area contributed by atoms with Crippen LogP contribution in [0, 0.1) is 0 Å². The van der Waals surface area contributed by atoms with Gasteiger partial charge in [0.05, 0.1) is 13.7 Å². The molecule has 0 saturated heterocycles. The molecular weight excluding hydrogens is 285 g/mol. The molecule has 0 aliphatic carbocycles. The van der Waals surface area contributed by atoms with Crippen LogP contribution in [0.25, 0.3) is 0 Å². The van der Waals surface area contributed by atoms with Gasteiger partial charge in [-0.15, -0.1) is 11.6 Å². The van der Waals surface area contributed by atoms with Crippen molar-refractivity contribution in [2.24, 2.45) is 0 Å². The number of hydrogen-bond acceptors (Lipinski definition) is 3. The van der Waals surface area contributed by atoms with Crippen LogP contribution in [0.2, 0.25) is 0 Å². The van der Waals surface area contributed by atoms with Crippen molar-refractivity contribution in [2.75, 3.05) is 26.9 Å².